The molecule has 0 aliphatic carbocycles. The van der Waals surface area contributed by atoms with Gasteiger partial charge in [0.1, 0.15) is 5.75 Å². The molecule has 0 heterocycles. The fraction of sp³-hybridized carbons (Fsp3) is 0.417. The molecule has 1 aromatic rings. The molecular formula is C12H18NO3. The summed E-state index contributed by atoms with van der Waals surface area (Å²) in [5.74, 6) is -1.75. The number of nitrogens with two attached hydrogens (primary N) is 1. The van der Waals surface area contributed by atoms with Crippen LogP contribution in [-0.4, -0.2) is 16.2 Å². The Kier molecular flexibility index (Phi) is 4.73. The summed E-state index contributed by atoms with van der Waals surface area (Å²) in [6.45, 7) is 2.31. The highest BCUT2D eigenvalue weighted by atomic mass is 16.8. The van der Waals surface area contributed by atoms with Crippen LogP contribution in [-0.2, 0) is 6.54 Å². The minimum atomic E-state index is -2.15. The van der Waals surface area contributed by atoms with E-state index in [9.17, 15) is 10.2 Å². The van der Waals surface area contributed by atoms with E-state index in [2.05, 4.69) is 0 Å². The average Bonchev–Trinajstić information content (AvgIpc) is 2.26. The SMILES string of the molecule is CC[CH]CC(O)(O)Oc1cccc(CN)c1. The highest BCUT2D eigenvalue weighted by Gasteiger charge is 2.24. The van der Waals surface area contributed by atoms with Gasteiger partial charge in [0, 0.05) is 13.0 Å². The molecule has 1 radical (unpaired) electrons. The van der Waals surface area contributed by atoms with Gasteiger partial charge in [-0.2, -0.15) is 0 Å². The van der Waals surface area contributed by atoms with Crippen molar-refractivity contribution in [3.63, 3.8) is 0 Å². The number of unbranched alkanes of at least 4 members (excludes halogenated alkanes) is 1. The predicted molar refractivity (Wildman–Crippen MR) is 61.3 cm³/mol. The monoisotopic (exact) mass is 224 g/mol. The average molecular weight is 224 g/mol. The van der Waals surface area contributed by atoms with Crippen molar-refractivity contribution in [3.05, 3.63) is 36.2 Å². The first-order valence-electron chi connectivity index (χ1n) is 5.32. The van der Waals surface area contributed by atoms with Crippen LogP contribution in [0.1, 0.15) is 25.3 Å². The van der Waals surface area contributed by atoms with Gasteiger partial charge in [-0.1, -0.05) is 25.5 Å². The van der Waals surface area contributed by atoms with Crippen molar-refractivity contribution in [2.24, 2.45) is 5.73 Å². The highest BCUT2D eigenvalue weighted by molar-refractivity contribution is 5.28. The van der Waals surface area contributed by atoms with Crippen LogP contribution in [0.25, 0.3) is 0 Å². The van der Waals surface area contributed by atoms with Crippen molar-refractivity contribution >= 4 is 0 Å². The molecule has 1 aromatic carbocycles. The van der Waals surface area contributed by atoms with Crippen LogP contribution >= 0.6 is 0 Å². The van der Waals surface area contributed by atoms with E-state index < -0.39 is 5.97 Å². The highest BCUT2D eigenvalue weighted by Crippen LogP contribution is 2.20. The second kappa shape index (κ2) is 5.84. The van der Waals surface area contributed by atoms with Crippen molar-refractivity contribution in [1.29, 1.82) is 0 Å². The van der Waals surface area contributed by atoms with Crippen molar-refractivity contribution in [1.82, 2.24) is 0 Å². The molecule has 4 nitrogen and oxygen atoms in total. The molecule has 1 rings (SSSR count). The van der Waals surface area contributed by atoms with Gasteiger partial charge in [-0.15, -0.1) is 0 Å². The first kappa shape index (κ1) is 13.0. The lowest BCUT2D eigenvalue weighted by Gasteiger charge is -2.22. The zero-order valence-electron chi connectivity index (χ0n) is 9.39. The maximum Gasteiger partial charge on any atom is 0.322 e. The van der Waals surface area contributed by atoms with E-state index in [1.54, 1.807) is 24.6 Å². The Hall–Kier alpha value is -1.10. The van der Waals surface area contributed by atoms with Crippen molar-refractivity contribution < 1.29 is 14.9 Å². The maximum atomic E-state index is 9.53. The second-order valence-corrected chi connectivity index (χ2v) is 3.60. The second-order valence-electron chi connectivity index (χ2n) is 3.60. The molecule has 4 N–H and O–H groups in total. The lowest BCUT2D eigenvalue weighted by atomic mass is 10.2. The molecule has 16 heavy (non-hydrogen) atoms. The summed E-state index contributed by atoms with van der Waals surface area (Å²) in [4.78, 5) is 0. The van der Waals surface area contributed by atoms with E-state index in [4.69, 9.17) is 10.5 Å². The van der Waals surface area contributed by atoms with E-state index >= 15 is 0 Å². The molecule has 0 fully saturated rings. The van der Waals surface area contributed by atoms with Gasteiger partial charge in [0.05, 0.1) is 0 Å². The third-order valence-corrected chi connectivity index (χ3v) is 2.11. The number of hydrogen-bond acceptors (Lipinski definition) is 4. The van der Waals surface area contributed by atoms with Crippen LogP contribution in [0.5, 0.6) is 5.75 Å². The van der Waals surface area contributed by atoms with Crippen LogP contribution in [0.15, 0.2) is 24.3 Å². The van der Waals surface area contributed by atoms with Crippen molar-refractivity contribution in [2.45, 2.75) is 32.3 Å². The standard InChI is InChI=1S/C12H18NO3/c1-2-3-7-12(14,15)16-11-6-4-5-10(8-11)9-13/h3-6,8,14-15H,2,7,9,13H2,1H3. The minimum absolute atomic E-state index is 0.0658. The van der Waals surface area contributed by atoms with Gasteiger partial charge in [-0.3, -0.25) is 0 Å². The number of ether oxygens (including phenoxy) is 1. The molecule has 0 saturated carbocycles. The molecule has 0 aliphatic rings. The Morgan fingerprint density at radius 2 is 2.19 bits per heavy atom. The van der Waals surface area contributed by atoms with Crippen LogP contribution < -0.4 is 10.5 Å². The lowest BCUT2D eigenvalue weighted by Crippen LogP contribution is -2.35. The summed E-state index contributed by atoms with van der Waals surface area (Å²) < 4.78 is 5.07. The third-order valence-electron chi connectivity index (χ3n) is 2.11. The molecule has 0 amide bonds. The van der Waals surface area contributed by atoms with Crippen molar-refractivity contribution in [2.75, 3.05) is 0 Å². The summed E-state index contributed by atoms with van der Waals surface area (Å²) in [5, 5.41) is 19.1. The summed E-state index contributed by atoms with van der Waals surface area (Å²) in [7, 11) is 0. The van der Waals surface area contributed by atoms with Gasteiger partial charge in [0.25, 0.3) is 0 Å². The Balaban J connectivity index is 2.63. The number of hydrogen-bond donors (Lipinski definition) is 3. The van der Waals surface area contributed by atoms with Gasteiger partial charge in [0.15, 0.2) is 0 Å². The lowest BCUT2D eigenvalue weighted by molar-refractivity contribution is -0.291. The molecule has 0 aromatic heterocycles. The van der Waals surface area contributed by atoms with Crippen LogP contribution in [0.4, 0.5) is 0 Å². The number of aliphatic hydroxyl groups is 2. The molecular weight excluding hydrogens is 206 g/mol. The Bertz CT molecular complexity index is 326. The molecule has 0 saturated heterocycles. The minimum Gasteiger partial charge on any atom is -0.439 e. The van der Waals surface area contributed by atoms with E-state index in [-0.39, 0.29) is 6.42 Å². The molecule has 0 unspecified atom stereocenters. The summed E-state index contributed by atoms with van der Waals surface area (Å²) >= 11 is 0. The van der Waals surface area contributed by atoms with Crippen molar-refractivity contribution in [3.8, 4) is 5.75 Å². The number of rotatable bonds is 6. The Labute approximate surface area is 95.7 Å². The molecule has 0 spiro atoms. The third kappa shape index (κ3) is 4.18. The summed E-state index contributed by atoms with van der Waals surface area (Å²) in [5.41, 5.74) is 6.36. The summed E-state index contributed by atoms with van der Waals surface area (Å²) in [6.07, 6.45) is 2.57. The summed E-state index contributed by atoms with van der Waals surface area (Å²) in [6, 6.07) is 6.96. The number of benzene rings is 1. The van der Waals surface area contributed by atoms with E-state index in [0.717, 1.165) is 12.0 Å². The maximum absolute atomic E-state index is 9.53. The fourth-order valence-electron chi connectivity index (χ4n) is 1.30. The quantitative estimate of drug-likeness (QED) is 0.634. The van der Waals surface area contributed by atoms with E-state index in [1.807, 2.05) is 13.0 Å². The fourth-order valence-corrected chi connectivity index (χ4v) is 1.30. The molecule has 0 bridgehead atoms. The predicted octanol–water partition coefficient (Wildman–Crippen LogP) is 1.17. The van der Waals surface area contributed by atoms with Gasteiger partial charge >= 0.3 is 5.97 Å². The zero-order valence-corrected chi connectivity index (χ0v) is 9.39. The first-order valence-corrected chi connectivity index (χ1v) is 5.32. The Morgan fingerprint density at radius 3 is 2.81 bits per heavy atom. The van der Waals surface area contributed by atoms with Crippen LogP contribution in [0.3, 0.4) is 0 Å². The molecule has 0 aliphatic heterocycles. The Morgan fingerprint density at radius 1 is 1.44 bits per heavy atom. The molecule has 0 atom stereocenters. The first-order chi connectivity index (χ1) is 7.57. The van der Waals surface area contributed by atoms with Gasteiger partial charge in [0.2, 0.25) is 0 Å². The largest absolute Gasteiger partial charge is 0.439 e. The van der Waals surface area contributed by atoms with E-state index in [0.29, 0.717) is 12.3 Å². The normalized spacial score (nSPS) is 11.5. The van der Waals surface area contributed by atoms with Gasteiger partial charge in [-0.05, 0) is 24.1 Å². The van der Waals surface area contributed by atoms with Gasteiger partial charge in [-0.25, -0.2) is 0 Å². The smallest absolute Gasteiger partial charge is 0.322 e. The van der Waals surface area contributed by atoms with Gasteiger partial charge < -0.3 is 20.7 Å². The molecule has 4 heteroatoms. The van der Waals surface area contributed by atoms with E-state index in [1.165, 1.54) is 0 Å². The van der Waals surface area contributed by atoms with Crippen LogP contribution in [0.2, 0.25) is 0 Å². The molecule has 89 valence electrons. The topological polar surface area (TPSA) is 75.7 Å². The zero-order chi connectivity index (χ0) is 12.0. The van der Waals surface area contributed by atoms with Crippen LogP contribution in [0, 0.1) is 6.42 Å².